The predicted molar refractivity (Wildman–Crippen MR) is 126 cm³/mol. The van der Waals surface area contributed by atoms with Crippen molar-refractivity contribution >= 4 is 12.6 Å². The Bertz CT molecular complexity index is 1260. The van der Waals surface area contributed by atoms with E-state index in [1.165, 1.54) is 22.3 Å². The molecule has 3 aliphatic rings. The number of rotatable bonds is 1. The van der Waals surface area contributed by atoms with Gasteiger partial charge in [0.1, 0.15) is 0 Å². The van der Waals surface area contributed by atoms with E-state index in [0.717, 1.165) is 17.0 Å². The van der Waals surface area contributed by atoms with E-state index in [4.69, 9.17) is 18.8 Å². The van der Waals surface area contributed by atoms with Crippen molar-refractivity contribution in [1.29, 1.82) is 0 Å². The van der Waals surface area contributed by atoms with Crippen molar-refractivity contribution in [3.63, 3.8) is 0 Å². The monoisotopic (exact) mass is 426 g/mol. The molecule has 0 radical (unpaired) electrons. The summed E-state index contributed by atoms with van der Waals surface area (Å²) < 4.78 is 25.1. The molecule has 1 fully saturated rings. The Kier molecular flexibility index (Phi) is 3.84. The third-order valence-electron chi connectivity index (χ3n) is 7.58. The standard InChI is InChI=1S/C27H27BO4/c1-25(2)19-10-8-7-9-17(19)18-14-23-24(15-20(18)25)29-21-12-11-16(13-22(21)30-23)28-31-26(3,4)27(5,6)32-28/h7-15H,1-6H3. The molecule has 0 atom stereocenters. The number of hydrogen-bond donors (Lipinski definition) is 0. The summed E-state index contributed by atoms with van der Waals surface area (Å²) in [6.45, 7) is 12.8. The van der Waals surface area contributed by atoms with Crippen molar-refractivity contribution in [3.8, 4) is 34.1 Å². The molecular formula is C27H27BO4. The van der Waals surface area contributed by atoms with Crippen LogP contribution in [0.1, 0.15) is 52.7 Å². The first-order valence-electron chi connectivity index (χ1n) is 11.2. The van der Waals surface area contributed by atoms with E-state index in [1.54, 1.807) is 0 Å². The molecule has 6 rings (SSSR count). The molecule has 3 aromatic rings. The van der Waals surface area contributed by atoms with Crippen molar-refractivity contribution in [2.75, 3.05) is 0 Å². The number of hydrogen-bond acceptors (Lipinski definition) is 4. The van der Waals surface area contributed by atoms with Gasteiger partial charge in [-0.25, -0.2) is 0 Å². The van der Waals surface area contributed by atoms with E-state index in [2.05, 4.69) is 77.9 Å². The van der Waals surface area contributed by atoms with Crippen molar-refractivity contribution < 1.29 is 18.8 Å². The topological polar surface area (TPSA) is 36.9 Å². The molecule has 4 nitrogen and oxygen atoms in total. The lowest BCUT2D eigenvalue weighted by atomic mass is 9.79. The van der Waals surface area contributed by atoms with Crippen LogP contribution in [0.15, 0.2) is 54.6 Å². The Labute approximate surface area is 189 Å². The second-order valence-corrected chi connectivity index (χ2v) is 10.5. The molecule has 0 spiro atoms. The maximum absolute atomic E-state index is 6.35. The summed E-state index contributed by atoms with van der Waals surface area (Å²) in [6.07, 6.45) is 0. The van der Waals surface area contributed by atoms with E-state index in [-0.39, 0.29) is 5.41 Å². The zero-order valence-electron chi connectivity index (χ0n) is 19.4. The molecule has 5 heteroatoms. The van der Waals surface area contributed by atoms with Crippen molar-refractivity contribution in [1.82, 2.24) is 0 Å². The predicted octanol–water partition coefficient (Wildman–Crippen LogP) is 6.19. The van der Waals surface area contributed by atoms with Gasteiger partial charge in [0.05, 0.1) is 11.2 Å². The molecule has 0 unspecified atom stereocenters. The Morgan fingerprint density at radius 3 is 1.97 bits per heavy atom. The van der Waals surface area contributed by atoms with Crippen molar-refractivity contribution in [2.24, 2.45) is 0 Å². The third kappa shape index (κ3) is 2.64. The second kappa shape index (κ2) is 6.18. The van der Waals surface area contributed by atoms with Gasteiger partial charge in [-0.1, -0.05) is 44.2 Å². The lowest BCUT2D eigenvalue weighted by molar-refractivity contribution is 0.00578. The van der Waals surface area contributed by atoms with Crippen LogP contribution in [0.5, 0.6) is 23.0 Å². The fourth-order valence-corrected chi connectivity index (χ4v) is 4.92. The van der Waals surface area contributed by atoms with Gasteiger partial charge in [-0.15, -0.1) is 0 Å². The average Bonchev–Trinajstić information content (AvgIpc) is 3.10. The van der Waals surface area contributed by atoms with Crippen LogP contribution in [-0.4, -0.2) is 18.3 Å². The summed E-state index contributed by atoms with van der Waals surface area (Å²) in [5.74, 6) is 2.86. The minimum absolute atomic E-state index is 0.0782. The maximum atomic E-state index is 6.35. The lowest BCUT2D eigenvalue weighted by Gasteiger charge is -2.32. The molecule has 0 aromatic heterocycles. The van der Waals surface area contributed by atoms with Gasteiger partial charge < -0.3 is 18.8 Å². The summed E-state index contributed by atoms with van der Waals surface area (Å²) in [7, 11) is -0.442. The molecule has 1 saturated heterocycles. The minimum Gasteiger partial charge on any atom is -0.450 e. The summed E-state index contributed by atoms with van der Waals surface area (Å²) >= 11 is 0. The van der Waals surface area contributed by atoms with Crippen LogP contribution in [0, 0.1) is 0 Å². The summed E-state index contributed by atoms with van der Waals surface area (Å²) in [5.41, 5.74) is 5.12. The highest BCUT2D eigenvalue weighted by Gasteiger charge is 2.52. The summed E-state index contributed by atoms with van der Waals surface area (Å²) in [6, 6.07) is 18.7. The van der Waals surface area contributed by atoms with Gasteiger partial charge in [-0.3, -0.25) is 0 Å². The van der Waals surface area contributed by atoms with E-state index in [0.29, 0.717) is 11.5 Å². The normalized spacial score (nSPS) is 20.5. The lowest BCUT2D eigenvalue weighted by Crippen LogP contribution is -2.41. The fraction of sp³-hybridized carbons (Fsp3) is 0.333. The first-order chi connectivity index (χ1) is 15.1. The Morgan fingerprint density at radius 1 is 0.594 bits per heavy atom. The molecule has 32 heavy (non-hydrogen) atoms. The van der Waals surface area contributed by atoms with Crippen LogP contribution < -0.4 is 14.9 Å². The summed E-state index contributed by atoms with van der Waals surface area (Å²) in [5, 5.41) is 0. The van der Waals surface area contributed by atoms with Gasteiger partial charge in [0, 0.05) is 5.41 Å². The highest BCUT2D eigenvalue weighted by molar-refractivity contribution is 6.62. The average molecular weight is 426 g/mol. The maximum Gasteiger partial charge on any atom is 0.494 e. The van der Waals surface area contributed by atoms with Crippen molar-refractivity contribution in [3.05, 3.63) is 65.7 Å². The van der Waals surface area contributed by atoms with Gasteiger partial charge >= 0.3 is 7.12 Å². The van der Waals surface area contributed by atoms with E-state index in [9.17, 15) is 0 Å². The SMILES string of the molecule is CC1(C)c2ccccc2-c2cc3c(cc21)Oc1ccc(B2OC(C)(C)C(C)(C)O2)cc1O3. The quantitative estimate of drug-likeness (QED) is 0.340. The van der Waals surface area contributed by atoms with E-state index < -0.39 is 18.3 Å². The number of ether oxygens (including phenoxy) is 2. The first-order valence-corrected chi connectivity index (χ1v) is 11.2. The van der Waals surface area contributed by atoms with Gasteiger partial charge in [-0.05, 0) is 79.7 Å². The second-order valence-electron chi connectivity index (χ2n) is 10.5. The highest BCUT2D eigenvalue weighted by atomic mass is 16.7. The smallest absolute Gasteiger partial charge is 0.450 e. The van der Waals surface area contributed by atoms with Crippen LogP contribution in [0.4, 0.5) is 0 Å². The number of fused-ring (bicyclic) bond motifs is 5. The molecule has 1 aliphatic carbocycles. The van der Waals surface area contributed by atoms with Crippen LogP contribution in [-0.2, 0) is 14.7 Å². The van der Waals surface area contributed by atoms with Crippen LogP contribution >= 0.6 is 0 Å². The minimum atomic E-state index is -0.442. The van der Waals surface area contributed by atoms with Gasteiger partial charge in [0.25, 0.3) is 0 Å². The molecule has 0 bridgehead atoms. The highest BCUT2D eigenvalue weighted by Crippen LogP contribution is 2.54. The van der Waals surface area contributed by atoms with Gasteiger partial charge in [0.2, 0.25) is 0 Å². The zero-order valence-corrected chi connectivity index (χ0v) is 19.4. The molecular weight excluding hydrogens is 399 g/mol. The molecule has 0 amide bonds. The zero-order chi connectivity index (χ0) is 22.5. The largest absolute Gasteiger partial charge is 0.494 e. The number of benzene rings is 3. The van der Waals surface area contributed by atoms with E-state index >= 15 is 0 Å². The molecule has 0 N–H and O–H groups in total. The van der Waals surface area contributed by atoms with Crippen LogP contribution in [0.25, 0.3) is 11.1 Å². The van der Waals surface area contributed by atoms with Gasteiger partial charge in [0.15, 0.2) is 23.0 Å². The van der Waals surface area contributed by atoms with Gasteiger partial charge in [-0.2, -0.15) is 0 Å². The van der Waals surface area contributed by atoms with Crippen LogP contribution in [0.3, 0.4) is 0 Å². The first kappa shape index (κ1) is 19.9. The summed E-state index contributed by atoms with van der Waals surface area (Å²) in [4.78, 5) is 0. The molecule has 2 aliphatic heterocycles. The molecule has 0 saturated carbocycles. The van der Waals surface area contributed by atoms with Crippen LogP contribution in [0.2, 0.25) is 0 Å². The van der Waals surface area contributed by atoms with Crippen molar-refractivity contribution in [2.45, 2.75) is 58.2 Å². The Hall–Kier alpha value is -2.76. The Morgan fingerprint density at radius 2 is 1.22 bits per heavy atom. The molecule has 3 aromatic carbocycles. The van der Waals surface area contributed by atoms with E-state index in [1.807, 2.05) is 18.2 Å². The molecule has 2 heterocycles. The Balaban J connectivity index is 1.38. The third-order valence-corrected chi connectivity index (χ3v) is 7.58. The molecule has 162 valence electrons. The fourth-order valence-electron chi connectivity index (χ4n) is 4.92.